The zero-order valence-corrected chi connectivity index (χ0v) is 11.9. The van der Waals surface area contributed by atoms with Crippen LogP contribution in [0.15, 0.2) is 18.2 Å². The highest BCUT2D eigenvalue weighted by atomic mass is 19.1. The molecule has 106 valence electrons. The largest absolute Gasteiger partial charge is 0.494 e. The SMILES string of the molecule is CCC(C)C1CN(c2ccc(OC)c(F)c2)CCN1. The van der Waals surface area contributed by atoms with Crippen LogP contribution in [0, 0.1) is 11.7 Å². The van der Waals surface area contributed by atoms with Gasteiger partial charge in [-0.1, -0.05) is 20.3 Å². The molecule has 0 saturated carbocycles. The first-order chi connectivity index (χ1) is 9.15. The fourth-order valence-corrected chi connectivity index (χ4v) is 2.53. The Bertz CT molecular complexity index is 425. The number of ether oxygens (including phenoxy) is 1. The van der Waals surface area contributed by atoms with E-state index in [-0.39, 0.29) is 5.82 Å². The second-order valence-corrected chi connectivity index (χ2v) is 5.21. The number of hydrogen-bond acceptors (Lipinski definition) is 3. The van der Waals surface area contributed by atoms with Gasteiger partial charge in [0.05, 0.1) is 7.11 Å². The third-order valence-electron chi connectivity index (χ3n) is 4.04. The second-order valence-electron chi connectivity index (χ2n) is 5.21. The van der Waals surface area contributed by atoms with Crippen LogP contribution in [0.2, 0.25) is 0 Å². The summed E-state index contributed by atoms with van der Waals surface area (Å²) in [7, 11) is 1.49. The molecule has 0 aromatic heterocycles. The second kappa shape index (κ2) is 6.24. The van der Waals surface area contributed by atoms with E-state index in [4.69, 9.17) is 4.74 Å². The minimum absolute atomic E-state index is 0.293. The van der Waals surface area contributed by atoms with Gasteiger partial charge < -0.3 is 15.0 Å². The molecule has 1 heterocycles. The highest BCUT2D eigenvalue weighted by Gasteiger charge is 2.23. The molecule has 1 fully saturated rings. The Morgan fingerprint density at radius 1 is 1.53 bits per heavy atom. The summed E-state index contributed by atoms with van der Waals surface area (Å²) in [5.74, 6) is 0.641. The van der Waals surface area contributed by atoms with E-state index in [0.717, 1.165) is 31.7 Å². The first kappa shape index (κ1) is 14.1. The summed E-state index contributed by atoms with van der Waals surface area (Å²) >= 11 is 0. The van der Waals surface area contributed by atoms with Gasteiger partial charge in [-0.05, 0) is 18.1 Å². The van der Waals surface area contributed by atoms with E-state index < -0.39 is 0 Å². The molecule has 1 N–H and O–H groups in total. The summed E-state index contributed by atoms with van der Waals surface area (Å²) in [5, 5.41) is 3.55. The lowest BCUT2D eigenvalue weighted by molar-refractivity contribution is 0.341. The minimum atomic E-state index is -0.293. The van der Waals surface area contributed by atoms with Gasteiger partial charge in [0.2, 0.25) is 0 Å². The van der Waals surface area contributed by atoms with Crippen LogP contribution in [0.3, 0.4) is 0 Å². The fraction of sp³-hybridized carbons (Fsp3) is 0.600. The number of nitrogens with one attached hydrogen (secondary N) is 1. The molecule has 1 saturated heterocycles. The first-order valence-corrected chi connectivity index (χ1v) is 6.97. The molecule has 0 amide bonds. The van der Waals surface area contributed by atoms with Crippen LogP contribution in [0.25, 0.3) is 0 Å². The van der Waals surface area contributed by atoms with Gasteiger partial charge in [-0.2, -0.15) is 0 Å². The van der Waals surface area contributed by atoms with Gasteiger partial charge in [0.15, 0.2) is 11.6 Å². The highest BCUT2D eigenvalue weighted by Crippen LogP contribution is 2.25. The lowest BCUT2D eigenvalue weighted by Crippen LogP contribution is -2.53. The number of rotatable bonds is 4. The van der Waals surface area contributed by atoms with Gasteiger partial charge in [0.25, 0.3) is 0 Å². The minimum Gasteiger partial charge on any atom is -0.494 e. The molecule has 0 bridgehead atoms. The Kier molecular flexibility index (Phi) is 4.64. The Hall–Kier alpha value is -1.29. The van der Waals surface area contributed by atoms with Crippen molar-refractivity contribution in [3.8, 4) is 5.75 Å². The van der Waals surface area contributed by atoms with Crippen molar-refractivity contribution in [1.29, 1.82) is 0 Å². The lowest BCUT2D eigenvalue weighted by atomic mass is 9.97. The van der Waals surface area contributed by atoms with Crippen molar-refractivity contribution in [2.24, 2.45) is 5.92 Å². The average molecular weight is 266 g/mol. The molecular weight excluding hydrogens is 243 g/mol. The maximum absolute atomic E-state index is 13.8. The standard InChI is InChI=1S/C15H23FN2O/c1-4-11(2)14-10-18(8-7-17-14)12-5-6-15(19-3)13(16)9-12/h5-6,9,11,14,17H,4,7-8,10H2,1-3H3. The molecule has 0 aliphatic carbocycles. The molecule has 19 heavy (non-hydrogen) atoms. The Morgan fingerprint density at radius 3 is 2.95 bits per heavy atom. The Balaban J connectivity index is 2.11. The molecule has 0 radical (unpaired) electrons. The highest BCUT2D eigenvalue weighted by molar-refractivity contribution is 5.50. The number of piperazine rings is 1. The Labute approximate surface area is 114 Å². The average Bonchev–Trinajstić information content (AvgIpc) is 2.46. The summed E-state index contributed by atoms with van der Waals surface area (Å²) in [5.41, 5.74) is 0.938. The van der Waals surface area contributed by atoms with Crippen molar-refractivity contribution in [2.75, 3.05) is 31.6 Å². The van der Waals surface area contributed by atoms with Gasteiger partial charge in [-0.3, -0.25) is 0 Å². The summed E-state index contributed by atoms with van der Waals surface area (Å²) in [6, 6.07) is 5.67. The van der Waals surface area contributed by atoms with Crippen molar-refractivity contribution >= 4 is 5.69 Å². The maximum atomic E-state index is 13.8. The van der Waals surface area contributed by atoms with Crippen molar-refractivity contribution in [3.63, 3.8) is 0 Å². The van der Waals surface area contributed by atoms with Crippen LogP contribution in [0.5, 0.6) is 5.75 Å². The number of hydrogen-bond donors (Lipinski definition) is 1. The molecule has 3 nitrogen and oxygen atoms in total. The van der Waals surface area contributed by atoms with E-state index in [0.29, 0.717) is 17.7 Å². The van der Waals surface area contributed by atoms with E-state index in [9.17, 15) is 4.39 Å². The lowest BCUT2D eigenvalue weighted by Gasteiger charge is -2.38. The molecule has 1 aromatic rings. The van der Waals surface area contributed by atoms with Crippen LogP contribution < -0.4 is 15.0 Å². The topological polar surface area (TPSA) is 24.5 Å². The third-order valence-corrected chi connectivity index (χ3v) is 4.04. The summed E-state index contributed by atoms with van der Waals surface area (Å²) in [4.78, 5) is 2.25. The predicted molar refractivity (Wildman–Crippen MR) is 76.4 cm³/mol. The number of halogens is 1. The van der Waals surface area contributed by atoms with Crippen LogP contribution in [-0.4, -0.2) is 32.8 Å². The first-order valence-electron chi connectivity index (χ1n) is 6.97. The predicted octanol–water partition coefficient (Wildman–Crippen LogP) is 2.66. The number of anilines is 1. The summed E-state index contributed by atoms with van der Waals surface area (Å²) in [6.07, 6.45) is 1.16. The Morgan fingerprint density at radius 2 is 2.32 bits per heavy atom. The van der Waals surface area contributed by atoms with Crippen molar-refractivity contribution in [1.82, 2.24) is 5.32 Å². The molecule has 2 rings (SSSR count). The van der Waals surface area contributed by atoms with Gasteiger partial charge in [-0.25, -0.2) is 4.39 Å². The molecule has 0 spiro atoms. The van der Waals surface area contributed by atoms with Crippen molar-refractivity contribution in [3.05, 3.63) is 24.0 Å². The molecule has 4 heteroatoms. The van der Waals surface area contributed by atoms with Crippen LogP contribution in [0.4, 0.5) is 10.1 Å². The number of nitrogens with zero attached hydrogens (tertiary/aromatic N) is 1. The van der Waals surface area contributed by atoms with E-state index >= 15 is 0 Å². The van der Waals surface area contributed by atoms with E-state index in [2.05, 4.69) is 24.1 Å². The quantitative estimate of drug-likeness (QED) is 0.906. The normalized spacial score (nSPS) is 21.3. The number of methoxy groups -OCH3 is 1. The molecular formula is C15H23FN2O. The van der Waals surface area contributed by atoms with Crippen molar-refractivity contribution in [2.45, 2.75) is 26.3 Å². The fourth-order valence-electron chi connectivity index (χ4n) is 2.53. The van der Waals surface area contributed by atoms with Crippen LogP contribution in [0.1, 0.15) is 20.3 Å². The molecule has 1 aliphatic rings. The third kappa shape index (κ3) is 3.18. The van der Waals surface area contributed by atoms with Gasteiger partial charge >= 0.3 is 0 Å². The van der Waals surface area contributed by atoms with Gasteiger partial charge in [-0.15, -0.1) is 0 Å². The van der Waals surface area contributed by atoms with Crippen molar-refractivity contribution < 1.29 is 9.13 Å². The molecule has 1 aliphatic heterocycles. The molecule has 2 atom stereocenters. The van der Waals surface area contributed by atoms with E-state index in [1.54, 1.807) is 12.1 Å². The van der Waals surface area contributed by atoms with Gasteiger partial charge in [0.1, 0.15) is 0 Å². The monoisotopic (exact) mass is 266 g/mol. The van der Waals surface area contributed by atoms with E-state index in [1.165, 1.54) is 7.11 Å². The van der Waals surface area contributed by atoms with Crippen LogP contribution >= 0.6 is 0 Å². The summed E-state index contributed by atoms with van der Waals surface area (Å²) < 4.78 is 18.7. The zero-order valence-electron chi connectivity index (χ0n) is 11.9. The maximum Gasteiger partial charge on any atom is 0.167 e. The van der Waals surface area contributed by atoms with E-state index in [1.807, 2.05) is 6.07 Å². The summed E-state index contributed by atoms with van der Waals surface area (Å²) in [6.45, 7) is 7.26. The smallest absolute Gasteiger partial charge is 0.167 e. The number of benzene rings is 1. The van der Waals surface area contributed by atoms with Crippen LogP contribution in [-0.2, 0) is 0 Å². The zero-order chi connectivity index (χ0) is 13.8. The molecule has 2 unspecified atom stereocenters. The van der Waals surface area contributed by atoms with Gasteiger partial charge in [0, 0.05) is 37.4 Å². The molecule has 1 aromatic carbocycles.